The van der Waals surface area contributed by atoms with E-state index >= 15 is 0 Å². The molecule has 2 aromatic carbocycles. The lowest BCUT2D eigenvalue weighted by Gasteiger charge is -2.17. The minimum atomic E-state index is -1.27. The molecule has 8 heteroatoms. The molecule has 3 rings (SSSR count). The van der Waals surface area contributed by atoms with E-state index in [1.165, 1.54) is 26.4 Å². The van der Waals surface area contributed by atoms with E-state index in [-0.39, 0.29) is 22.5 Å². The van der Waals surface area contributed by atoms with Crippen LogP contribution in [0, 0.1) is 5.41 Å². The Hall–Kier alpha value is -3.68. The summed E-state index contributed by atoms with van der Waals surface area (Å²) in [5.41, 5.74) is -0.366. The Kier molecular flexibility index (Phi) is 5.63. The molecule has 8 nitrogen and oxygen atoms in total. The third-order valence-corrected chi connectivity index (χ3v) is 4.78. The lowest BCUT2D eigenvalue weighted by molar-refractivity contribution is -0.131. The van der Waals surface area contributed by atoms with E-state index < -0.39 is 29.2 Å². The lowest BCUT2D eigenvalue weighted by atomic mass is 10.0. The van der Waals surface area contributed by atoms with Gasteiger partial charge in [0.15, 0.2) is 0 Å². The maximum absolute atomic E-state index is 12.9. The van der Waals surface area contributed by atoms with Gasteiger partial charge < -0.3 is 20.1 Å². The van der Waals surface area contributed by atoms with Crippen molar-refractivity contribution in [2.45, 2.75) is 12.8 Å². The number of carbonyl (C=O) groups is 4. The molecular formula is C21H20N2O6. The van der Waals surface area contributed by atoms with Crippen LogP contribution in [0.3, 0.4) is 0 Å². The molecule has 0 aliphatic heterocycles. The molecule has 1 aliphatic rings. The summed E-state index contributed by atoms with van der Waals surface area (Å²) in [7, 11) is 2.49. The molecule has 2 aromatic rings. The fourth-order valence-corrected chi connectivity index (χ4v) is 2.93. The standard InChI is InChI=1S/C21H20N2O6/c1-28-17(24)13-7-3-5-9-15(13)22-19(26)21(11-12-21)20(27)23-16-10-6-4-8-14(16)18(25)29-2/h3-10H,11-12H2,1-2H3,(H,22,26)(H,23,27). The van der Waals surface area contributed by atoms with E-state index in [1.54, 1.807) is 36.4 Å². The number of para-hydroxylation sites is 2. The van der Waals surface area contributed by atoms with Crippen molar-refractivity contribution in [3.63, 3.8) is 0 Å². The van der Waals surface area contributed by atoms with Crippen LogP contribution in [-0.2, 0) is 19.1 Å². The Morgan fingerprint density at radius 1 is 0.724 bits per heavy atom. The predicted molar refractivity (Wildman–Crippen MR) is 104 cm³/mol. The van der Waals surface area contributed by atoms with Crippen molar-refractivity contribution in [2.24, 2.45) is 5.41 Å². The van der Waals surface area contributed by atoms with Crippen LogP contribution < -0.4 is 10.6 Å². The molecule has 29 heavy (non-hydrogen) atoms. The van der Waals surface area contributed by atoms with Crippen LogP contribution in [0.5, 0.6) is 0 Å². The Morgan fingerprint density at radius 2 is 1.10 bits per heavy atom. The van der Waals surface area contributed by atoms with Gasteiger partial charge in [-0.2, -0.15) is 0 Å². The third kappa shape index (κ3) is 3.96. The second-order valence-electron chi connectivity index (χ2n) is 6.56. The molecule has 1 aliphatic carbocycles. The fraction of sp³-hybridized carbons (Fsp3) is 0.238. The number of carbonyl (C=O) groups excluding carboxylic acids is 4. The SMILES string of the molecule is COC(=O)c1ccccc1NC(=O)C1(C(=O)Nc2ccccc2C(=O)OC)CC1. The molecule has 0 saturated heterocycles. The van der Waals surface area contributed by atoms with Gasteiger partial charge in [0.25, 0.3) is 0 Å². The molecular weight excluding hydrogens is 376 g/mol. The van der Waals surface area contributed by atoms with E-state index in [4.69, 9.17) is 9.47 Å². The highest BCUT2D eigenvalue weighted by molar-refractivity contribution is 6.18. The summed E-state index contributed by atoms with van der Waals surface area (Å²) in [6, 6.07) is 12.8. The predicted octanol–water partition coefficient (Wildman–Crippen LogP) is 2.62. The summed E-state index contributed by atoms with van der Waals surface area (Å²) in [5.74, 6) is -2.24. The zero-order chi connectivity index (χ0) is 21.0. The first kappa shape index (κ1) is 20.1. The lowest BCUT2D eigenvalue weighted by Crippen LogP contribution is -2.36. The van der Waals surface area contributed by atoms with Gasteiger partial charge in [-0.05, 0) is 37.1 Å². The molecule has 0 radical (unpaired) electrons. The van der Waals surface area contributed by atoms with Gasteiger partial charge >= 0.3 is 11.9 Å². The Bertz CT molecular complexity index is 905. The Morgan fingerprint density at radius 3 is 1.45 bits per heavy atom. The van der Waals surface area contributed by atoms with E-state index in [9.17, 15) is 19.2 Å². The van der Waals surface area contributed by atoms with Crippen molar-refractivity contribution in [1.82, 2.24) is 0 Å². The number of anilines is 2. The van der Waals surface area contributed by atoms with E-state index in [1.807, 2.05) is 0 Å². The number of nitrogens with one attached hydrogen (secondary N) is 2. The van der Waals surface area contributed by atoms with E-state index in [0.29, 0.717) is 12.8 Å². The smallest absolute Gasteiger partial charge is 0.339 e. The number of methoxy groups -OCH3 is 2. The quantitative estimate of drug-likeness (QED) is 0.574. The summed E-state index contributed by atoms with van der Waals surface area (Å²) in [5, 5.41) is 5.30. The fourth-order valence-electron chi connectivity index (χ4n) is 2.93. The summed E-state index contributed by atoms with van der Waals surface area (Å²) in [6.07, 6.45) is 0.705. The number of benzene rings is 2. The summed E-state index contributed by atoms with van der Waals surface area (Å²) in [4.78, 5) is 49.5. The van der Waals surface area contributed by atoms with E-state index in [2.05, 4.69) is 10.6 Å². The van der Waals surface area contributed by atoms with Crippen LogP contribution in [0.2, 0.25) is 0 Å². The molecule has 0 unspecified atom stereocenters. The van der Waals surface area contributed by atoms with Crippen molar-refractivity contribution in [1.29, 1.82) is 0 Å². The van der Waals surface area contributed by atoms with Crippen LogP contribution in [0.15, 0.2) is 48.5 Å². The summed E-state index contributed by atoms with van der Waals surface area (Å²) >= 11 is 0. The molecule has 0 aromatic heterocycles. The molecule has 0 spiro atoms. The molecule has 2 N–H and O–H groups in total. The molecule has 2 amide bonds. The molecule has 150 valence electrons. The van der Waals surface area contributed by atoms with Crippen LogP contribution in [-0.4, -0.2) is 38.0 Å². The topological polar surface area (TPSA) is 111 Å². The van der Waals surface area contributed by atoms with Crippen molar-refractivity contribution in [2.75, 3.05) is 24.9 Å². The van der Waals surface area contributed by atoms with Gasteiger partial charge in [0.2, 0.25) is 11.8 Å². The van der Waals surface area contributed by atoms with Crippen LogP contribution in [0.4, 0.5) is 11.4 Å². The first-order valence-electron chi connectivity index (χ1n) is 8.90. The normalized spacial score (nSPS) is 13.7. The van der Waals surface area contributed by atoms with Gasteiger partial charge in [-0.25, -0.2) is 9.59 Å². The van der Waals surface area contributed by atoms with Crippen LogP contribution in [0.1, 0.15) is 33.6 Å². The maximum Gasteiger partial charge on any atom is 0.339 e. The monoisotopic (exact) mass is 396 g/mol. The van der Waals surface area contributed by atoms with E-state index in [0.717, 1.165) is 0 Å². The third-order valence-electron chi connectivity index (χ3n) is 4.78. The van der Waals surface area contributed by atoms with Gasteiger partial charge in [0.1, 0.15) is 5.41 Å². The van der Waals surface area contributed by atoms with Gasteiger partial charge in [0.05, 0.1) is 36.7 Å². The van der Waals surface area contributed by atoms with Crippen molar-refractivity contribution >= 4 is 35.1 Å². The molecule has 1 saturated carbocycles. The average molecular weight is 396 g/mol. The van der Waals surface area contributed by atoms with Gasteiger partial charge in [0, 0.05) is 0 Å². The number of esters is 2. The highest BCUT2D eigenvalue weighted by Gasteiger charge is 2.56. The minimum Gasteiger partial charge on any atom is -0.465 e. The van der Waals surface area contributed by atoms with Gasteiger partial charge in [-0.15, -0.1) is 0 Å². The highest BCUT2D eigenvalue weighted by atomic mass is 16.5. The molecule has 0 bridgehead atoms. The van der Waals surface area contributed by atoms with Crippen molar-refractivity contribution in [3.8, 4) is 0 Å². The number of hydrogen-bond donors (Lipinski definition) is 2. The minimum absolute atomic E-state index is 0.190. The number of ether oxygens (including phenoxy) is 2. The number of amides is 2. The maximum atomic E-state index is 12.9. The molecule has 0 atom stereocenters. The first-order chi connectivity index (χ1) is 13.9. The zero-order valence-corrected chi connectivity index (χ0v) is 16.0. The van der Waals surface area contributed by atoms with Crippen LogP contribution >= 0.6 is 0 Å². The average Bonchev–Trinajstić information content (AvgIpc) is 3.55. The molecule has 1 fully saturated rings. The van der Waals surface area contributed by atoms with Crippen molar-refractivity contribution < 1.29 is 28.7 Å². The largest absolute Gasteiger partial charge is 0.465 e. The zero-order valence-electron chi connectivity index (χ0n) is 16.0. The summed E-state index contributed by atoms with van der Waals surface area (Å²) in [6.45, 7) is 0. The second-order valence-corrected chi connectivity index (χ2v) is 6.56. The van der Waals surface area contributed by atoms with Gasteiger partial charge in [-0.3, -0.25) is 9.59 Å². The number of rotatable bonds is 6. The van der Waals surface area contributed by atoms with Gasteiger partial charge in [-0.1, -0.05) is 24.3 Å². The Balaban J connectivity index is 1.79. The summed E-state index contributed by atoms with van der Waals surface area (Å²) < 4.78 is 9.44. The first-order valence-corrected chi connectivity index (χ1v) is 8.90. The number of hydrogen-bond acceptors (Lipinski definition) is 6. The Labute approximate surface area is 167 Å². The second kappa shape index (κ2) is 8.14. The highest BCUT2D eigenvalue weighted by Crippen LogP contribution is 2.47. The van der Waals surface area contributed by atoms with Crippen LogP contribution in [0.25, 0.3) is 0 Å². The van der Waals surface area contributed by atoms with Crippen molar-refractivity contribution in [3.05, 3.63) is 59.7 Å². The molecule has 0 heterocycles.